The number of likely N-dealkylation sites (tertiary alicyclic amines) is 1. The van der Waals surface area contributed by atoms with Crippen molar-refractivity contribution in [1.82, 2.24) is 15.1 Å². The molecular formula is C15H15FN4O3. The second-order valence-corrected chi connectivity index (χ2v) is 5.68. The smallest absolute Gasteiger partial charge is 0.319 e. The molecule has 3 rings (SSSR count). The van der Waals surface area contributed by atoms with Crippen LogP contribution in [0.1, 0.15) is 35.3 Å². The van der Waals surface area contributed by atoms with Crippen LogP contribution >= 0.6 is 0 Å². The third-order valence-corrected chi connectivity index (χ3v) is 4.21. The number of amides is 1. The van der Waals surface area contributed by atoms with Gasteiger partial charge in [0.2, 0.25) is 5.69 Å². The minimum atomic E-state index is -0.630. The predicted octanol–water partition coefficient (Wildman–Crippen LogP) is 2.48. The lowest BCUT2D eigenvalue weighted by Crippen LogP contribution is -2.34. The lowest BCUT2D eigenvalue weighted by molar-refractivity contribution is -0.385. The third-order valence-electron chi connectivity index (χ3n) is 4.21. The van der Waals surface area contributed by atoms with Crippen molar-refractivity contribution in [3.63, 3.8) is 0 Å². The van der Waals surface area contributed by atoms with Crippen molar-refractivity contribution in [2.75, 3.05) is 6.54 Å². The Morgan fingerprint density at radius 3 is 2.78 bits per heavy atom. The predicted molar refractivity (Wildman–Crippen MR) is 79.5 cm³/mol. The highest BCUT2D eigenvalue weighted by atomic mass is 19.1. The first-order valence-corrected chi connectivity index (χ1v) is 7.21. The first kappa shape index (κ1) is 15.1. The number of nitrogens with one attached hydrogen (secondary N) is 1. The highest BCUT2D eigenvalue weighted by molar-refractivity contribution is 5.96. The number of aromatic amines is 1. The lowest BCUT2D eigenvalue weighted by atomic mass is 9.97. The van der Waals surface area contributed by atoms with Crippen molar-refractivity contribution in [2.24, 2.45) is 0 Å². The van der Waals surface area contributed by atoms with Crippen LogP contribution in [-0.2, 0) is 0 Å². The van der Waals surface area contributed by atoms with Crippen LogP contribution in [0.25, 0.3) is 0 Å². The van der Waals surface area contributed by atoms with E-state index in [1.165, 1.54) is 12.1 Å². The Labute approximate surface area is 131 Å². The van der Waals surface area contributed by atoms with E-state index in [-0.39, 0.29) is 29.2 Å². The van der Waals surface area contributed by atoms with E-state index in [4.69, 9.17) is 0 Å². The van der Waals surface area contributed by atoms with E-state index in [0.29, 0.717) is 6.54 Å². The molecule has 1 aliphatic rings. The number of H-pyrrole nitrogens is 1. The monoisotopic (exact) mass is 318 g/mol. The molecule has 120 valence electrons. The molecule has 1 N–H and O–H groups in total. The number of carbonyl (C=O) groups is 1. The number of hydrogen-bond donors (Lipinski definition) is 1. The Bertz CT molecular complexity index is 743. The number of rotatable bonds is 3. The molecule has 2 aromatic rings. The molecule has 0 saturated carbocycles. The van der Waals surface area contributed by atoms with Gasteiger partial charge in [-0.05, 0) is 31.0 Å². The molecule has 0 bridgehead atoms. The summed E-state index contributed by atoms with van der Waals surface area (Å²) < 4.78 is 13.0. The van der Waals surface area contributed by atoms with Crippen molar-refractivity contribution in [3.8, 4) is 0 Å². The van der Waals surface area contributed by atoms with Crippen LogP contribution in [0.4, 0.5) is 10.1 Å². The quantitative estimate of drug-likeness (QED) is 0.695. The van der Waals surface area contributed by atoms with Crippen LogP contribution in [0.15, 0.2) is 30.5 Å². The van der Waals surface area contributed by atoms with E-state index in [0.717, 1.165) is 18.2 Å². The number of hydrogen-bond acceptors (Lipinski definition) is 4. The normalized spacial score (nSPS) is 20.7. The number of halogens is 1. The molecule has 7 nitrogen and oxygen atoms in total. The van der Waals surface area contributed by atoms with Gasteiger partial charge in [-0.25, -0.2) is 4.39 Å². The van der Waals surface area contributed by atoms with Crippen LogP contribution in [0, 0.1) is 15.9 Å². The van der Waals surface area contributed by atoms with Gasteiger partial charge >= 0.3 is 5.69 Å². The fraction of sp³-hybridized carbons (Fsp3) is 0.333. The maximum absolute atomic E-state index is 13.0. The van der Waals surface area contributed by atoms with Gasteiger partial charge in [-0.1, -0.05) is 12.1 Å². The van der Waals surface area contributed by atoms with Gasteiger partial charge < -0.3 is 4.90 Å². The second-order valence-electron chi connectivity index (χ2n) is 5.68. The molecule has 0 radical (unpaired) electrons. The highest BCUT2D eigenvalue weighted by Crippen LogP contribution is 2.33. The minimum Gasteiger partial charge on any atom is -0.334 e. The van der Waals surface area contributed by atoms with Gasteiger partial charge in [-0.15, -0.1) is 0 Å². The fourth-order valence-electron chi connectivity index (χ4n) is 3.01. The molecule has 2 heterocycles. The molecule has 2 atom stereocenters. The Hall–Kier alpha value is -2.77. The largest absolute Gasteiger partial charge is 0.334 e. The highest BCUT2D eigenvalue weighted by Gasteiger charge is 2.36. The molecule has 1 aromatic heterocycles. The molecule has 1 aliphatic heterocycles. The molecule has 23 heavy (non-hydrogen) atoms. The van der Waals surface area contributed by atoms with Crippen LogP contribution < -0.4 is 0 Å². The first-order chi connectivity index (χ1) is 11.0. The van der Waals surface area contributed by atoms with Crippen LogP contribution in [0.2, 0.25) is 0 Å². The molecule has 1 amide bonds. The van der Waals surface area contributed by atoms with Gasteiger partial charge in [0.15, 0.2) is 0 Å². The summed E-state index contributed by atoms with van der Waals surface area (Å²) in [6.07, 6.45) is 1.75. The molecule has 1 saturated heterocycles. The third kappa shape index (κ3) is 2.79. The van der Waals surface area contributed by atoms with E-state index in [1.54, 1.807) is 17.0 Å². The standard InChI is InChI=1S/C15H15FN4O3/c1-9-6-11(10-2-4-12(16)5-3-10)8-19(9)15(21)14-13(20(22)23)7-17-18-14/h2-5,7,9,11H,6,8H2,1H3,(H,17,18). The summed E-state index contributed by atoms with van der Waals surface area (Å²) >= 11 is 0. The van der Waals surface area contributed by atoms with Crippen LogP contribution in [-0.4, -0.2) is 38.5 Å². The average molecular weight is 318 g/mol. The molecule has 8 heteroatoms. The Balaban J connectivity index is 1.81. The zero-order valence-electron chi connectivity index (χ0n) is 12.4. The van der Waals surface area contributed by atoms with Gasteiger partial charge in [-0.3, -0.25) is 20.0 Å². The summed E-state index contributed by atoms with van der Waals surface area (Å²) in [7, 11) is 0. The van der Waals surface area contributed by atoms with Gasteiger partial charge in [0, 0.05) is 18.5 Å². The van der Waals surface area contributed by atoms with E-state index >= 15 is 0 Å². The average Bonchev–Trinajstić information content (AvgIpc) is 3.14. The maximum Gasteiger partial charge on any atom is 0.319 e. The van der Waals surface area contributed by atoms with Crippen molar-refractivity contribution in [3.05, 3.63) is 57.7 Å². The van der Waals surface area contributed by atoms with Crippen molar-refractivity contribution in [1.29, 1.82) is 0 Å². The van der Waals surface area contributed by atoms with Crippen LogP contribution in [0.5, 0.6) is 0 Å². The zero-order valence-corrected chi connectivity index (χ0v) is 12.4. The zero-order chi connectivity index (χ0) is 16.6. The maximum atomic E-state index is 13.0. The molecule has 1 aromatic carbocycles. The summed E-state index contributed by atoms with van der Waals surface area (Å²) in [6, 6.07) is 6.13. The number of aromatic nitrogens is 2. The van der Waals surface area contributed by atoms with E-state index in [9.17, 15) is 19.3 Å². The summed E-state index contributed by atoms with van der Waals surface area (Å²) in [6.45, 7) is 2.32. The second kappa shape index (κ2) is 5.79. The van der Waals surface area contributed by atoms with Crippen molar-refractivity contribution >= 4 is 11.6 Å². The van der Waals surface area contributed by atoms with E-state index in [1.807, 2.05) is 6.92 Å². The molecule has 0 spiro atoms. The molecule has 0 aliphatic carbocycles. The lowest BCUT2D eigenvalue weighted by Gasteiger charge is -2.20. The van der Waals surface area contributed by atoms with Gasteiger partial charge in [0.25, 0.3) is 5.91 Å². The number of carbonyl (C=O) groups excluding carboxylic acids is 1. The number of nitro groups is 1. The Morgan fingerprint density at radius 2 is 2.13 bits per heavy atom. The fourth-order valence-corrected chi connectivity index (χ4v) is 3.01. The van der Waals surface area contributed by atoms with Gasteiger partial charge in [0.05, 0.1) is 4.92 Å². The van der Waals surface area contributed by atoms with Crippen LogP contribution in [0.3, 0.4) is 0 Å². The molecule has 2 unspecified atom stereocenters. The van der Waals surface area contributed by atoms with Crippen molar-refractivity contribution in [2.45, 2.75) is 25.3 Å². The minimum absolute atomic E-state index is 0.0690. The van der Waals surface area contributed by atoms with Gasteiger partial charge in [-0.2, -0.15) is 5.10 Å². The molecule has 1 fully saturated rings. The first-order valence-electron chi connectivity index (χ1n) is 7.21. The Kier molecular flexibility index (Phi) is 3.81. The number of benzene rings is 1. The van der Waals surface area contributed by atoms with Gasteiger partial charge in [0.1, 0.15) is 12.0 Å². The number of nitrogens with zero attached hydrogens (tertiary/aromatic N) is 3. The SMILES string of the molecule is CC1CC(c2ccc(F)cc2)CN1C(=O)c1[nH]ncc1[N+](=O)[O-]. The summed E-state index contributed by atoms with van der Waals surface area (Å²) in [5.41, 5.74) is 0.515. The van der Waals surface area contributed by atoms with Crippen molar-refractivity contribution < 1.29 is 14.1 Å². The summed E-state index contributed by atoms with van der Waals surface area (Å²) in [5, 5.41) is 16.9. The topological polar surface area (TPSA) is 92.1 Å². The Morgan fingerprint density at radius 1 is 1.43 bits per heavy atom. The van der Waals surface area contributed by atoms with E-state index < -0.39 is 10.8 Å². The van der Waals surface area contributed by atoms with E-state index in [2.05, 4.69) is 10.2 Å². The summed E-state index contributed by atoms with van der Waals surface area (Å²) in [4.78, 5) is 24.5. The summed E-state index contributed by atoms with van der Waals surface area (Å²) in [5.74, 6) is -0.663. The molecular weight excluding hydrogens is 303 g/mol.